The topological polar surface area (TPSA) is 192 Å². The van der Waals surface area contributed by atoms with E-state index in [4.69, 9.17) is 43.1 Å². The summed E-state index contributed by atoms with van der Waals surface area (Å²) in [4.78, 5) is 29.9. The Bertz CT molecular complexity index is 2220. The van der Waals surface area contributed by atoms with Crippen LogP contribution in [0, 0.1) is 0 Å². The van der Waals surface area contributed by atoms with Gasteiger partial charge in [0.15, 0.2) is 5.15 Å². The number of dihydropyridines is 1. The van der Waals surface area contributed by atoms with Crippen molar-refractivity contribution in [1.82, 2.24) is 35.5 Å². The molecule has 1 aliphatic rings. The number of carbonyl (C=O) groups excluding carboxylic acids is 2. The van der Waals surface area contributed by atoms with Crippen molar-refractivity contribution in [3.8, 4) is 22.5 Å². The highest BCUT2D eigenvalue weighted by Crippen LogP contribution is 2.42. The Labute approximate surface area is 347 Å². The van der Waals surface area contributed by atoms with Crippen LogP contribution >= 0.6 is 23.2 Å². The van der Waals surface area contributed by atoms with Gasteiger partial charge in [-0.25, -0.2) is 14.6 Å². The van der Waals surface area contributed by atoms with Crippen LogP contribution in [-0.2, 0) is 43.4 Å². The largest absolute Gasteiger partial charge is 0.466 e. The summed E-state index contributed by atoms with van der Waals surface area (Å²) < 4.78 is 17.8. The lowest BCUT2D eigenvalue weighted by molar-refractivity contribution is -0.139. The van der Waals surface area contributed by atoms with Gasteiger partial charge < -0.3 is 34.9 Å². The van der Waals surface area contributed by atoms with Crippen molar-refractivity contribution < 1.29 is 28.9 Å². The molecule has 1 unspecified atom stereocenters. The third-order valence-corrected chi connectivity index (χ3v) is 10.0. The number of aromatic nitrogens is 6. The van der Waals surface area contributed by atoms with Gasteiger partial charge in [-0.3, -0.25) is 0 Å². The predicted molar refractivity (Wildman–Crippen MR) is 222 cm³/mol. The van der Waals surface area contributed by atoms with Crippen LogP contribution in [0.3, 0.4) is 0 Å². The number of nitrogens with one attached hydrogen (secondary N) is 2. The van der Waals surface area contributed by atoms with Crippen molar-refractivity contribution in [3.05, 3.63) is 128 Å². The summed E-state index contributed by atoms with van der Waals surface area (Å²) in [6.07, 6.45) is 2.95. The number of H-pyrrole nitrogens is 1. The minimum Gasteiger partial charge on any atom is -0.466 e. The molecule has 0 amide bonds. The molecule has 0 radical (unpaired) electrons. The number of nitrogens with zero attached hydrogens (tertiary/aromatic N) is 5. The van der Waals surface area contributed by atoms with Crippen molar-refractivity contribution in [2.45, 2.75) is 59.1 Å². The number of halogens is 2. The molecule has 1 atom stereocenters. The number of aromatic amines is 1. The number of carbonyl (C=O) groups is 2. The molecule has 0 saturated carbocycles. The number of nitrogens with two attached hydrogens (primary N) is 1. The summed E-state index contributed by atoms with van der Waals surface area (Å²) >= 11 is 12.7. The van der Waals surface area contributed by atoms with Crippen molar-refractivity contribution in [2.24, 2.45) is 5.73 Å². The number of benzene rings is 3. The second-order valence-electron chi connectivity index (χ2n) is 13.2. The highest BCUT2D eigenvalue weighted by atomic mass is 35.5. The number of allylic oxidation sites excluding steroid dienone is 1. The van der Waals surface area contributed by atoms with E-state index >= 15 is 0 Å². The van der Waals surface area contributed by atoms with Gasteiger partial charge in [-0.15, -0.1) is 10.2 Å². The molecule has 14 nitrogen and oxygen atoms in total. The Morgan fingerprint density at radius 1 is 0.966 bits per heavy atom. The number of rotatable bonds is 16. The fraction of sp³-hybridized carbons (Fsp3) is 0.333. The third kappa shape index (κ3) is 10.4. The first-order chi connectivity index (χ1) is 28.2. The van der Waals surface area contributed by atoms with Gasteiger partial charge in [0.2, 0.25) is 5.82 Å². The predicted octanol–water partition coefficient (Wildman–Crippen LogP) is 6.53. The monoisotopic (exact) mass is 830 g/mol. The first-order valence-electron chi connectivity index (χ1n) is 18.9. The van der Waals surface area contributed by atoms with Gasteiger partial charge in [-0.2, -0.15) is 5.21 Å². The molecule has 3 heterocycles. The third-order valence-electron chi connectivity index (χ3n) is 9.40. The summed E-state index contributed by atoms with van der Waals surface area (Å²) in [6, 6.07) is 23.4. The fourth-order valence-electron chi connectivity index (χ4n) is 6.66. The number of esters is 2. The van der Waals surface area contributed by atoms with Crippen molar-refractivity contribution in [1.29, 1.82) is 0 Å². The number of hydrogen-bond donors (Lipinski definition) is 4. The quantitative estimate of drug-likeness (QED) is 0.0622. The maximum absolute atomic E-state index is 12.9. The van der Waals surface area contributed by atoms with Gasteiger partial charge in [-0.1, -0.05) is 103 Å². The zero-order chi connectivity index (χ0) is 41.6. The molecule has 0 aliphatic carbocycles. The number of hydrogen-bond acceptors (Lipinski definition) is 12. The van der Waals surface area contributed by atoms with Crippen LogP contribution in [0.1, 0.15) is 62.2 Å². The van der Waals surface area contributed by atoms with Crippen LogP contribution in [0.2, 0.25) is 10.2 Å². The standard InChI is InChI=1S/C22H23ClN6O.C20H25ClN2O5/c1-2-3-8-20-24-21(23)19(14-30)29(20)13-15-9-11-16(12-10-15)17-6-4-5-7-18(17)22-25-27-28-26-22;1-4-28-20(25)18-15(11-27-10-9-22)23-12(2)16(19(24)26-3)17(18)13-7-5-6-8-14(13)21/h4-7,9-12,30H,2-3,8,13-14H2,1H3,(H,25,26,27,28);5-8,17,23H,4,9-11,22H2,1-3H3. The number of ether oxygens (including phenoxy) is 3. The average molecular weight is 832 g/mol. The number of aryl methyl sites for hydroxylation is 1. The summed E-state index contributed by atoms with van der Waals surface area (Å²) in [5.41, 5.74) is 12.5. The molecule has 6 rings (SSSR count). The van der Waals surface area contributed by atoms with E-state index < -0.39 is 17.9 Å². The minimum atomic E-state index is -0.752. The molecule has 0 fully saturated rings. The summed E-state index contributed by atoms with van der Waals surface area (Å²) in [7, 11) is 1.29. The maximum Gasteiger partial charge on any atom is 0.336 e. The number of methoxy groups -OCH3 is 1. The molecule has 1 aliphatic heterocycles. The molecule has 0 bridgehead atoms. The van der Waals surface area contributed by atoms with Crippen LogP contribution < -0.4 is 11.1 Å². The Hall–Kier alpha value is -5.38. The smallest absolute Gasteiger partial charge is 0.336 e. The highest BCUT2D eigenvalue weighted by molar-refractivity contribution is 6.31. The molecule has 0 saturated heterocycles. The van der Waals surface area contributed by atoms with E-state index in [0.717, 1.165) is 47.3 Å². The minimum absolute atomic E-state index is 0.109. The van der Waals surface area contributed by atoms with Gasteiger partial charge >= 0.3 is 11.9 Å². The lowest BCUT2D eigenvalue weighted by Gasteiger charge is -2.31. The van der Waals surface area contributed by atoms with E-state index in [9.17, 15) is 14.7 Å². The zero-order valence-corrected chi connectivity index (χ0v) is 34.4. The van der Waals surface area contributed by atoms with Gasteiger partial charge in [0.05, 0.1) is 62.0 Å². The molecule has 5 N–H and O–H groups in total. The van der Waals surface area contributed by atoms with Crippen LogP contribution in [0.15, 0.2) is 95.3 Å². The molecule has 5 aromatic rings. The maximum atomic E-state index is 12.9. The Morgan fingerprint density at radius 3 is 2.33 bits per heavy atom. The van der Waals surface area contributed by atoms with Crippen molar-refractivity contribution in [2.75, 3.05) is 33.5 Å². The molecule has 0 spiro atoms. The Balaban J connectivity index is 0.000000222. The fourth-order valence-corrected chi connectivity index (χ4v) is 7.17. The highest BCUT2D eigenvalue weighted by Gasteiger charge is 2.39. The Kier molecular flexibility index (Phi) is 16.1. The lowest BCUT2D eigenvalue weighted by atomic mass is 9.80. The first kappa shape index (κ1) is 43.7. The molecule has 58 heavy (non-hydrogen) atoms. The summed E-state index contributed by atoms with van der Waals surface area (Å²) in [5, 5.41) is 28.1. The number of aliphatic hydroxyl groups is 1. The number of imidazole rings is 1. The van der Waals surface area contributed by atoms with Crippen molar-refractivity contribution >= 4 is 35.1 Å². The van der Waals surface area contributed by atoms with E-state index in [1.54, 1.807) is 38.1 Å². The summed E-state index contributed by atoms with van der Waals surface area (Å²) in [6.45, 7) is 7.04. The van der Waals surface area contributed by atoms with Crippen LogP contribution in [0.4, 0.5) is 0 Å². The summed E-state index contributed by atoms with van der Waals surface area (Å²) in [5.74, 6) is -0.384. The van der Waals surface area contributed by atoms with E-state index in [1.807, 2.05) is 28.8 Å². The van der Waals surface area contributed by atoms with Gasteiger partial charge in [-0.05, 0) is 53.8 Å². The van der Waals surface area contributed by atoms with Crippen LogP contribution in [-0.4, -0.2) is 80.7 Å². The second-order valence-corrected chi connectivity index (χ2v) is 13.9. The van der Waals surface area contributed by atoms with E-state index in [-0.39, 0.29) is 25.4 Å². The lowest BCUT2D eigenvalue weighted by Crippen LogP contribution is -2.35. The SMILES string of the molecule is CCCCc1nc(Cl)c(CO)n1Cc1ccc(-c2ccccc2-c2nn[nH]n2)cc1.CCOC(=O)C1=C(COCCN)NC(C)=C(C(=O)OC)C1c1ccccc1Cl. The number of unbranched alkanes of at least 4 members (excludes halogenated alkanes) is 1. The molecule has 306 valence electrons. The second kappa shape index (κ2) is 21.4. The zero-order valence-electron chi connectivity index (χ0n) is 32.9. The van der Waals surface area contributed by atoms with E-state index in [1.165, 1.54) is 7.11 Å². The molecule has 3 aromatic carbocycles. The van der Waals surface area contributed by atoms with Crippen LogP contribution in [0.25, 0.3) is 22.5 Å². The number of aliphatic hydroxyl groups excluding tert-OH is 1. The van der Waals surface area contributed by atoms with Crippen molar-refractivity contribution in [3.63, 3.8) is 0 Å². The molecular formula is C42H48Cl2N8O6. The van der Waals surface area contributed by atoms with Gasteiger partial charge in [0.1, 0.15) is 5.82 Å². The molecular weight excluding hydrogens is 783 g/mol. The van der Waals surface area contributed by atoms with E-state index in [2.05, 4.69) is 62.1 Å². The molecule has 16 heteroatoms. The molecule has 2 aromatic heterocycles. The normalized spacial score (nSPS) is 13.8. The van der Waals surface area contributed by atoms with Gasteiger partial charge in [0.25, 0.3) is 0 Å². The first-order valence-corrected chi connectivity index (χ1v) is 19.7. The van der Waals surface area contributed by atoms with E-state index in [0.29, 0.717) is 63.9 Å². The van der Waals surface area contributed by atoms with Gasteiger partial charge in [0, 0.05) is 35.8 Å². The number of tetrazole rings is 1. The Morgan fingerprint density at radius 2 is 1.69 bits per heavy atom. The average Bonchev–Trinajstić information content (AvgIpc) is 3.88. The van der Waals surface area contributed by atoms with Crippen LogP contribution in [0.5, 0.6) is 0 Å².